The highest BCUT2D eigenvalue weighted by Gasteiger charge is 2.46. The lowest BCUT2D eigenvalue weighted by atomic mass is 9.94. The molecule has 1 aliphatic rings. The molecule has 0 radical (unpaired) electrons. The van der Waals surface area contributed by atoms with Crippen LogP contribution in [0, 0.1) is 0 Å². The number of hydrogen-bond acceptors (Lipinski definition) is 3. The minimum absolute atomic E-state index is 0.00543. The van der Waals surface area contributed by atoms with E-state index in [0.717, 1.165) is 12.8 Å². The molecule has 0 spiro atoms. The van der Waals surface area contributed by atoms with Crippen LogP contribution in [0.3, 0.4) is 0 Å². The standard InChI is InChI=1S/C14H28N2O3/c1-6-10(7-8-17)15-12(18)16-11-9-13(2,3)19-14(11,4)5/h10-11,17H,6-9H2,1-5H3,(H2,15,16,18). The number of aliphatic hydroxyl groups is 1. The van der Waals surface area contributed by atoms with E-state index in [1.54, 1.807) is 0 Å². The number of carbonyl (C=O) groups excluding carboxylic acids is 1. The van der Waals surface area contributed by atoms with E-state index in [1.807, 2.05) is 34.6 Å². The van der Waals surface area contributed by atoms with Crippen LogP contribution in [0.25, 0.3) is 0 Å². The molecule has 2 amide bonds. The SMILES string of the molecule is CCC(CCO)NC(=O)NC1CC(C)(C)OC1(C)C. The van der Waals surface area contributed by atoms with Crippen LogP contribution in [-0.2, 0) is 4.74 Å². The molecule has 1 saturated heterocycles. The molecule has 2 atom stereocenters. The second kappa shape index (κ2) is 6.09. The number of rotatable bonds is 5. The molecule has 1 aliphatic heterocycles. The lowest BCUT2D eigenvalue weighted by Gasteiger charge is -2.28. The van der Waals surface area contributed by atoms with E-state index in [4.69, 9.17) is 9.84 Å². The van der Waals surface area contributed by atoms with Gasteiger partial charge in [0.25, 0.3) is 0 Å². The van der Waals surface area contributed by atoms with Gasteiger partial charge in [0.2, 0.25) is 0 Å². The van der Waals surface area contributed by atoms with Crippen molar-refractivity contribution in [3.8, 4) is 0 Å². The van der Waals surface area contributed by atoms with Gasteiger partial charge in [-0.1, -0.05) is 6.92 Å². The summed E-state index contributed by atoms with van der Waals surface area (Å²) in [6, 6.07) is -0.169. The van der Waals surface area contributed by atoms with Crippen molar-refractivity contribution in [2.45, 2.75) is 77.2 Å². The molecule has 3 N–H and O–H groups in total. The van der Waals surface area contributed by atoms with E-state index in [0.29, 0.717) is 6.42 Å². The number of carbonyl (C=O) groups is 1. The number of hydrogen-bond donors (Lipinski definition) is 3. The summed E-state index contributed by atoms with van der Waals surface area (Å²) < 4.78 is 5.95. The van der Waals surface area contributed by atoms with Crippen molar-refractivity contribution >= 4 is 6.03 Å². The van der Waals surface area contributed by atoms with E-state index in [1.165, 1.54) is 0 Å². The van der Waals surface area contributed by atoms with Crippen LogP contribution in [0.4, 0.5) is 4.79 Å². The second-order valence-electron chi connectivity index (χ2n) is 6.46. The molecule has 1 fully saturated rings. The van der Waals surface area contributed by atoms with E-state index in [2.05, 4.69) is 10.6 Å². The number of amides is 2. The predicted molar refractivity (Wildman–Crippen MR) is 75.1 cm³/mol. The third-order valence-corrected chi connectivity index (χ3v) is 3.69. The number of nitrogens with one attached hydrogen (secondary N) is 2. The molecule has 1 heterocycles. The quantitative estimate of drug-likeness (QED) is 0.714. The van der Waals surface area contributed by atoms with Crippen LogP contribution in [0.1, 0.15) is 53.9 Å². The molecule has 0 aromatic heterocycles. The summed E-state index contributed by atoms with van der Waals surface area (Å²) in [5.74, 6) is 0. The first-order valence-electron chi connectivity index (χ1n) is 7.08. The summed E-state index contributed by atoms with van der Waals surface area (Å²) >= 11 is 0. The highest BCUT2D eigenvalue weighted by Crippen LogP contribution is 2.37. The molecule has 5 nitrogen and oxygen atoms in total. The average Bonchev–Trinajstić information content (AvgIpc) is 2.45. The molecular weight excluding hydrogens is 244 g/mol. The highest BCUT2D eigenvalue weighted by molar-refractivity contribution is 5.74. The van der Waals surface area contributed by atoms with Gasteiger partial charge in [-0.15, -0.1) is 0 Å². The Morgan fingerprint density at radius 2 is 2.05 bits per heavy atom. The second-order valence-corrected chi connectivity index (χ2v) is 6.46. The molecule has 0 aromatic carbocycles. The summed E-state index contributed by atoms with van der Waals surface area (Å²) in [4.78, 5) is 12.0. The topological polar surface area (TPSA) is 70.6 Å². The van der Waals surface area contributed by atoms with Gasteiger partial charge in [0.05, 0.1) is 17.2 Å². The first-order valence-corrected chi connectivity index (χ1v) is 7.08. The zero-order valence-corrected chi connectivity index (χ0v) is 12.7. The van der Waals surface area contributed by atoms with Gasteiger partial charge in [0.1, 0.15) is 0 Å². The Morgan fingerprint density at radius 1 is 1.42 bits per heavy atom. The Labute approximate surface area is 116 Å². The fourth-order valence-electron chi connectivity index (χ4n) is 2.71. The van der Waals surface area contributed by atoms with Gasteiger partial charge in [-0.3, -0.25) is 0 Å². The van der Waals surface area contributed by atoms with E-state index < -0.39 is 0 Å². The van der Waals surface area contributed by atoms with Crippen LogP contribution < -0.4 is 10.6 Å². The van der Waals surface area contributed by atoms with Crippen LogP contribution in [0.15, 0.2) is 0 Å². The van der Waals surface area contributed by atoms with Crippen LogP contribution in [0.2, 0.25) is 0 Å². The maximum Gasteiger partial charge on any atom is 0.315 e. The molecule has 0 aromatic rings. The third kappa shape index (κ3) is 4.66. The highest BCUT2D eigenvalue weighted by atomic mass is 16.5. The summed E-state index contributed by atoms with van der Waals surface area (Å²) in [7, 11) is 0. The van der Waals surface area contributed by atoms with Crippen molar-refractivity contribution in [1.29, 1.82) is 0 Å². The third-order valence-electron chi connectivity index (χ3n) is 3.69. The zero-order valence-electron chi connectivity index (χ0n) is 12.7. The Kier molecular flexibility index (Phi) is 5.21. The molecule has 0 saturated carbocycles. The number of urea groups is 1. The monoisotopic (exact) mass is 272 g/mol. The van der Waals surface area contributed by atoms with E-state index >= 15 is 0 Å². The molecule has 112 valence electrons. The van der Waals surface area contributed by atoms with Crippen LogP contribution >= 0.6 is 0 Å². The van der Waals surface area contributed by atoms with Gasteiger partial charge < -0.3 is 20.5 Å². The van der Waals surface area contributed by atoms with Crippen LogP contribution in [0.5, 0.6) is 0 Å². The number of aliphatic hydroxyl groups excluding tert-OH is 1. The van der Waals surface area contributed by atoms with Gasteiger partial charge in [-0.25, -0.2) is 4.79 Å². The van der Waals surface area contributed by atoms with Gasteiger partial charge in [-0.2, -0.15) is 0 Å². The first-order chi connectivity index (χ1) is 8.70. The Morgan fingerprint density at radius 3 is 2.47 bits per heavy atom. The average molecular weight is 272 g/mol. The minimum Gasteiger partial charge on any atom is -0.396 e. The Bertz CT molecular complexity index is 316. The van der Waals surface area contributed by atoms with E-state index in [-0.39, 0.29) is 35.9 Å². The number of ether oxygens (including phenoxy) is 1. The summed E-state index contributed by atoms with van der Waals surface area (Å²) in [5, 5.41) is 14.8. The van der Waals surface area contributed by atoms with Gasteiger partial charge in [-0.05, 0) is 47.0 Å². The molecule has 1 rings (SSSR count). The van der Waals surface area contributed by atoms with Crippen molar-refractivity contribution < 1.29 is 14.6 Å². The van der Waals surface area contributed by atoms with Crippen molar-refractivity contribution in [2.24, 2.45) is 0 Å². The molecular formula is C14H28N2O3. The van der Waals surface area contributed by atoms with Gasteiger partial charge >= 0.3 is 6.03 Å². The fraction of sp³-hybridized carbons (Fsp3) is 0.929. The van der Waals surface area contributed by atoms with Crippen molar-refractivity contribution in [1.82, 2.24) is 10.6 Å². The molecule has 5 heteroatoms. The van der Waals surface area contributed by atoms with Gasteiger partial charge in [0.15, 0.2) is 0 Å². The minimum atomic E-state index is -0.362. The lowest BCUT2D eigenvalue weighted by molar-refractivity contribution is -0.0691. The van der Waals surface area contributed by atoms with Crippen molar-refractivity contribution in [3.05, 3.63) is 0 Å². The van der Waals surface area contributed by atoms with Gasteiger partial charge in [0, 0.05) is 12.6 Å². The predicted octanol–water partition coefficient (Wildman–Crippen LogP) is 1.79. The largest absolute Gasteiger partial charge is 0.396 e. The molecule has 2 unspecified atom stereocenters. The van der Waals surface area contributed by atoms with Crippen LogP contribution in [-0.4, -0.2) is 41.0 Å². The normalized spacial score (nSPS) is 25.9. The Balaban J connectivity index is 2.53. The zero-order chi connectivity index (χ0) is 14.7. The maximum absolute atomic E-state index is 12.0. The van der Waals surface area contributed by atoms with Crippen molar-refractivity contribution in [2.75, 3.05) is 6.61 Å². The Hall–Kier alpha value is -0.810. The van der Waals surface area contributed by atoms with Crippen molar-refractivity contribution in [3.63, 3.8) is 0 Å². The fourth-order valence-corrected chi connectivity index (χ4v) is 2.71. The molecule has 19 heavy (non-hydrogen) atoms. The first kappa shape index (κ1) is 16.2. The summed E-state index contributed by atoms with van der Waals surface area (Å²) in [6.45, 7) is 10.1. The maximum atomic E-state index is 12.0. The summed E-state index contributed by atoms with van der Waals surface area (Å²) in [5.41, 5.74) is -0.573. The summed E-state index contributed by atoms with van der Waals surface area (Å²) in [6.07, 6.45) is 2.19. The smallest absolute Gasteiger partial charge is 0.315 e. The molecule has 0 bridgehead atoms. The molecule has 0 aliphatic carbocycles. The van der Waals surface area contributed by atoms with E-state index in [9.17, 15) is 4.79 Å². The lowest BCUT2D eigenvalue weighted by Crippen LogP contribution is -2.51.